The third-order valence-electron chi connectivity index (χ3n) is 6.17. The van der Waals surface area contributed by atoms with Crippen molar-refractivity contribution in [2.45, 2.75) is 20.3 Å². The summed E-state index contributed by atoms with van der Waals surface area (Å²) >= 11 is 0. The van der Waals surface area contributed by atoms with Crippen LogP contribution in [0, 0.1) is 19.8 Å². The molecule has 2 amide bonds. The zero-order valence-corrected chi connectivity index (χ0v) is 19.2. The summed E-state index contributed by atoms with van der Waals surface area (Å²) in [7, 11) is 0. The minimum absolute atomic E-state index is 0.0519. The SMILES string of the molecule is C=CCN1CCN(C(=O)c2c(C)noc2C)CC(Cc2ccc(-c3ccccc3)cc2)C1=O. The van der Waals surface area contributed by atoms with Gasteiger partial charge in [-0.05, 0) is 37.0 Å². The van der Waals surface area contributed by atoms with Crippen molar-refractivity contribution in [3.8, 4) is 11.1 Å². The molecule has 1 atom stereocenters. The summed E-state index contributed by atoms with van der Waals surface area (Å²) in [5.41, 5.74) is 4.42. The Labute approximate surface area is 194 Å². The summed E-state index contributed by atoms with van der Waals surface area (Å²) in [6, 6.07) is 18.5. The van der Waals surface area contributed by atoms with E-state index in [2.05, 4.69) is 48.1 Å². The molecule has 1 aliphatic rings. The minimum Gasteiger partial charge on any atom is -0.361 e. The van der Waals surface area contributed by atoms with Crippen molar-refractivity contribution >= 4 is 11.8 Å². The largest absolute Gasteiger partial charge is 0.361 e. The molecule has 1 saturated heterocycles. The maximum Gasteiger partial charge on any atom is 0.259 e. The Morgan fingerprint density at radius 2 is 1.79 bits per heavy atom. The van der Waals surface area contributed by atoms with E-state index in [-0.39, 0.29) is 17.7 Å². The Bertz CT molecular complexity index is 1120. The predicted octanol–water partition coefficient (Wildman–Crippen LogP) is 4.29. The topological polar surface area (TPSA) is 66.7 Å². The van der Waals surface area contributed by atoms with Crippen molar-refractivity contribution < 1.29 is 14.1 Å². The van der Waals surface area contributed by atoms with Crippen LogP contribution in [0.2, 0.25) is 0 Å². The highest BCUT2D eigenvalue weighted by Crippen LogP contribution is 2.24. The summed E-state index contributed by atoms with van der Waals surface area (Å²) < 4.78 is 5.20. The average Bonchev–Trinajstić information content (AvgIpc) is 3.09. The monoisotopic (exact) mass is 443 g/mol. The predicted molar refractivity (Wildman–Crippen MR) is 128 cm³/mol. The third kappa shape index (κ3) is 4.90. The van der Waals surface area contributed by atoms with Gasteiger partial charge in [-0.15, -0.1) is 6.58 Å². The smallest absolute Gasteiger partial charge is 0.259 e. The maximum absolute atomic E-state index is 13.3. The molecule has 0 N–H and O–H groups in total. The van der Waals surface area contributed by atoms with Crippen LogP contribution in [0.4, 0.5) is 0 Å². The average molecular weight is 444 g/mol. The van der Waals surface area contributed by atoms with Crippen molar-refractivity contribution in [1.82, 2.24) is 15.0 Å². The van der Waals surface area contributed by atoms with E-state index >= 15 is 0 Å². The number of rotatable bonds is 6. The standard InChI is InChI=1S/C27H29N3O3/c1-4-14-29-15-16-30(27(32)25-19(2)28-33-20(25)3)18-24(26(29)31)17-21-10-12-23(13-11-21)22-8-6-5-7-9-22/h4-13,24H,1,14-18H2,2-3H3. The molecular formula is C27H29N3O3. The molecule has 0 saturated carbocycles. The van der Waals surface area contributed by atoms with E-state index < -0.39 is 0 Å². The maximum atomic E-state index is 13.3. The highest BCUT2D eigenvalue weighted by molar-refractivity contribution is 5.96. The number of benzene rings is 2. The van der Waals surface area contributed by atoms with Gasteiger partial charge in [0, 0.05) is 26.2 Å². The lowest BCUT2D eigenvalue weighted by Gasteiger charge is -2.23. The highest BCUT2D eigenvalue weighted by Gasteiger charge is 2.33. The van der Waals surface area contributed by atoms with Gasteiger partial charge in [0.25, 0.3) is 5.91 Å². The van der Waals surface area contributed by atoms with E-state index in [4.69, 9.17) is 4.52 Å². The second-order valence-electron chi connectivity index (χ2n) is 8.49. The lowest BCUT2D eigenvalue weighted by Crippen LogP contribution is -2.38. The fourth-order valence-electron chi connectivity index (χ4n) is 4.41. The summed E-state index contributed by atoms with van der Waals surface area (Å²) in [5, 5.41) is 3.92. The molecule has 6 heteroatoms. The molecule has 4 rings (SSSR count). The van der Waals surface area contributed by atoms with Crippen LogP contribution in [0.5, 0.6) is 0 Å². The molecule has 2 aromatic carbocycles. The van der Waals surface area contributed by atoms with E-state index in [0.717, 1.165) is 16.7 Å². The van der Waals surface area contributed by atoms with Crippen LogP contribution in [0.3, 0.4) is 0 Å². The van der Waals surface area contributed by atoms with Crippen molar-refractivity contribution in [3.63, 3.8) is 0 Å². The van der Waals surface area contributed by atoms with Crippen LogP contribution < -0.4 is 0 Å². The minimum atomic E-state index is -0.334. The first-order valence-electron chi connectivity index (χ1n) is 11.2. The van der Waals surface area contributed by atoms with E-state index in [1.807, 2.05) is 18.2 Å². The van der Waals surface area contributed by atoms with Crippen molar-refractivity contribution in [2.24, 2.45) is 5.92 Å². The zero-order valence-electron chi connectivity index (χ0n) is 19.2. The van der Waals surface area contributed by atoms with Crippen LogP contribution in [0.1, 0.15) is 27.4 Å². The van der Waals surface area contributed by atoms with Crippen LogP contribution in [-0.4, -0.2) is 52.9 Å². The fourth-order valence-corrected chi connectivity index (χ4v) is 4.41. The number of nitrogens with zero attached hydrogens (tertiary/aromatic N) is 3. The molecule has 2 heterocycles. The number of amides is 2. The molecular weight excluding hydrogens is 414 g/mol. The van der Waals surface area contributed by atoms with Gasteiger partial charge in [-0.2, -0.15) is 0 Å². The number of hydrogen-bond donors (Lipinski definition) is 0. The molecule has 1 unspecified atom stereocenters. The lowest BCUT2D eigenvalue weighted by atomic mass is 9.95. The number of carbonyl (C=O) groups is 2. The van der Waals surface area contributed by atoms with Gasteiger partial charge in [0.05, 0.1) is 11.6 Å². The van der Waals surface area contributed by atoms with Crippen LogP contribution in [-0.2, 0) is 11.2 Å². The number of aryl methyl sites for hydroxylation is 2. The fraction of sp³-hybridized carbons (Fsp3) is 0.296. The normalized spacial score (nSPS) is 16.5. The van der Waals surface area contributed by atoms with Crippen molar-refractivity contribution in [3.05, 3.63) is 89.8 Å². The summed E-state index contributed by atoms with van der Waals surface area (Å²) in [5.74, 6) is 0.0866. The van der Waals surface area contributed by atoms with Gasteiger partial charge in [-0.3, -0.25) is 9.59 Å². The Balaban J connectivity index is 1.56. The van der Waals surface area contributed by atoms with Gasteiger partial charge >= 0.3 is 0 Å². The van der Waals surface area contributed by atoms with E-state index in [0.29, 0.717) is 49.6 Å². The Morgan fingerprint density at radius 1 is 1.09 bits per heavy atom. The molecule has 170 valence electrons. The van der Waals surface area contributed by atoms with Crippen molar-refractivity contribution in [1.29, 1.82) is 0 Å². The van der Waals surface area contributed by atoms with Gasteiger partial charge in [0.2, 0.25) is 5.91 Å². The molecule has 0 aliphatic carbocycles. The molecule has 1 aromatic heterocycles. The van der Waals surface area contributed by atoms with Gasteiger partial charge in [0.15, 0.2) is 0 Å². The first-order chi connectivity index (χ1) is 16.0. The van der Waals surface area contributed by atoms with Crippen LogP contribution in [0.25, 0.3) is 11.1 Å². The van der Waals surface area contributed by atoms with E-state index in [9.17, 15) is 9.59 Å². The molecule has 3 aromatic rings. The number of carbonyl (C=O) groups excluding carboxylic acids is 2. The van der Waals surface area contributed by atoms with Crippen molar-refractivity contribution in [2.75, 3.05) is 26.2 Å². The molecule has 0 spiro atoms. The van der Waals surface area contributed by atoms with Gasteiger partial charge in [-0.25, -0.2) is 0 Å². The van der Waals surface area contributed by atoms with Gasteiger partial charge in [-0.1, -0.05) is 65.8 Å². The summed E-state index contributed by atoms with van der Waals surface area (Å²) in [4.78, 5) is 30.2. The lowest BCUT2D eigenvalue weighted by molar-refractivity contribution is -0.134. The second kappa shape index (κ2) is 9.86. The highest BCUT2D eigenvalue weighted by atomic mass is 16.5. The Kier molecular flexibility index (Phi) is 6.73. The van der Waals surface area contributed by atoms with E-state index in [1.54, 1.807) is 29.7 Å². The van der Waals surface area contributed by atoms with Crippen LogP contribution in [0.15, 0.2) is 71.8 Å². The number of aromatic nitrogens is 1. The molecule has 0 bridgehead atoms. The summed E-state index contributed by atoms with van der Waals surface area (Å²) in [6.07, 6.45) is 2.29. The summed E-state index contributed by atoms with van der Waals surface area (Å²) in [6.45, 7) is 9.06. The molecule has 1 fully saturated rings. The first kappa shape index (κ1) is 22.5. The Morgan fingerprint density at radius 3 is 2.42 bits per heavy atom. The van der Waals surface area contributed by atoms with Gasteiger partial charge < -0.3 is 14.3 Å². The number of hydrogen-bond acceptors (Lipinski definition) is 4. The quantitative estimate of drug-likeness (QED) is 0.533. The third-order valence-corrected chi connectivity index (χ3v) is 6.17. The molecule has 33 heavy (non-hydrogen) atoms. The van der Waals surface area contributed by atoms with E-state index in [1.165, 1.54) is 0 Å². The molecule has 6 nitrogen and oxygen atoms in total. The first-order valence-corrected chi connectivity index (χ1v) is 11.2. The molecule has 1 aliphatic heterocycles. The second-order valence-corrected chi connectivity index (χ2v) is 8.49. The molecule has 0 radical (unpaired) electrons. The van der Waals surface area contributed by atoms with Gasteiger partial charge in [0.1, 0.15) is 11.3 Å². The zero-order chi connectivity index (χ0) is 23.4. The Hall–Kier alpha value is -3.67. The van der Waals surface area contributed by atoms with Crippen LogP contribution >= 0.6 is 0 Å².